The minimum atomic E-state index is -0.279. The second kappa shape index (κ2) is 5.24. The van der Waals surface area contributed by atoms with Gasteiger partial charge in [-0.2, -0.15) is 5.10 Å². The number of nitrogens with zero attached hydrogens (tertiary/aromatic N) is 2. The molecule has 0 aliphatic carbocycles. The van der Waals surface area contributed by atoms with Gasteiger partial charge >= 0.3 is 0 Å². The van der Waals surface area contributed by atoms with E-state index >= 15 is 0 Å². The van der Waals surface area contributed by atoms with E-state index in [2.05, 4.69) is 27.9 Å². The molecule has 1 amide bonds. The summed E-state index contributed by atoms with van der Waals surface area (Å²) in [5.74, 6) is 0.0190. The Balaban J connectivity index is 1.74. The average Bonchev–Trinajstić information content (AvgIpc) is 2.89. The minimum Gasteiger partial charge on any atom is -0.353 e. The van der Waals surface area contributed by atoms with E-state index in [1.165, 1.54) is 5.56 Å². The van der Waals surface area contributed by atoms with Crippen molar-refractivity contribution in [3.63, 3.8) is 0 Å². The number of carbonyl (C=O) groups excluding carboxylic acids is 1. The molecular weight excluding hydrogens is 240 g/mol. The summed E-state index contributed by atoms with van der Waals surface area (Å²) in [7, 11) is 0. The van der Waals surface area contributed by atoms with Crippen molar-refractivity contribution >= 4 is 5.91 Å². The van der Waals surface area contributed by atoms with E-state index in [4.69, 9.17) is 0 Å². The van der Waals surface area contributed by atoms with Crippen molar-refractivity contribution in [2.24, 2.45) is 0 Å². The summed E-state index contributed by atoms with van der Waals surface area (Å²) < 4.78 is 1.86. The molecule has 2 N–H and O–H groups in total. The van der Waals surface area contributed by atoms with Crippen LogP contribution in [-0.2, 0) is 11.3 Å². The molecule has 1 unspecified atom stereocenters. The van der Waals surface area contributed by atoms with Gasteiger partial charge in [-0.05, 0) is 5.56 Å². The Labute approximate surface area is 111 Å². The maximum Gasteiger partial charge on any atom is 0.241 e. The first kappa shape index (κ1) is 11.9. The predicted molar refractivity (Wildman–Crippen MR) is 71.5 cm³/mol. The van der Waals surface area contributed by atoms with Crippen LogP contribution in [0.2, 0.25) is 0 Å². The number of hydrogen-bond donors (Lipinski definition) is 2. The molecule has 98 valence electrons. The molecule has 1 saturated heterocycles. The van der Waals surface area contributed by atoms with Crippen molar-refractivity contribution in [3.05, 3.63) is 53.9 Å². The summed E-state index contributed by atoms with van der Waals surface area (Å²) in [6.07, 6.45) is 3.68. The molecule has 2 heterocycles. The van der Waals surface area contributed by atoms with Gasteiger partial charge in [-0.3, -0.25) is 9.48 Å². The highest BCUT2D eigenvalue weighted by molar-refractivity contribution is 5.83. The number of benzene rings is 1. The number of rotatable bonds is 3. The number of carbonyl (C=O) groups is 1. The Morgan fingerprint density at radius 1 is 1.26 bits per heavy atom. The van der Waals surface area contributed by atoms with Crippen LogP contribution in [0.4, 0.5) is 0 Å². The second-order valence-corrected chi connectivity index (χ2v) is 4.64. The van der Waals surface area contributed by atoms with Crippen molar-refractivity contribution in [2.45, 2.75) is 12.6 Å². The molecule has 1 aromatic heterocycles. The first-order valence-corrected chi connectivity index (χ1v) is 6.40. The lowest BCUT2D eigenvalue weighted by molar-refractivity contribution is -0.124. The van der Waals surface area contributed by atoms with Gasteiger partial charge in [0.1, 0.15) is 6.04 Å². The lowest BCUT2D eigenvalue weighted by Crippen LogP contribution is -2.47. The Kier molecular flexibility index (Phi) is 3.29. The average molecular weight is 256 g/mol. The van der Waals surface area contributed by atoms with Crippen LogP contribution in [0.25, 0.3) is 0 Å². The standard InChI is InChI=1S/C14H16N4O/c19-14-13(15-6-7-16-14)12-8-17-18(10-12)9-11-4-2-1-3-5-11/h1-5,8,10,13,15H,6-7,9H2,(H,16,19). The number of piperazine rings is 1. The maximum absolute atomic E-state index is 11.8. The first-order chi connectivity index (χ1) is 9.33. The summed E-state index contributed by atoms with van der Waals surface area (Å²) >= 11 is 0. The smallest absolute Gasteiger partial charge is 0.241 e. The molecule has 1 fully saturated rings. The topological polar surface area (TPSA) is 59.0 Å². The zero-order chi connectivity index (χ0) is 13.1. The second-order valence-electron chi connectivity index (χ2n) is 4.64. The summed E-state index contributed by atoms with van der Waals surface area (Å²) in [5.41, 5.74) is 2.10. The van der Waals surface area contributed by atoms with Gasteiger partial charge in [-0.15, -0.1) is 0 Å². The highest BCUT2D eigenvalue weighted by Crippen LogP contribution is 2.14. The van der Waals surface area contributed by atoms with Crippen LogP contribution < -0.4 is 10.6 Å². The van der Waals surface area contributed by atoms with Gasteiger partial charge in [-0.25, -0.2) is 0 Å². The van der Waals surface area contributed by atoms with Gasteiger partial charge in [0.05, 0.1) is 12.7 Å². The molecule has 1 aromatic carbocycles. The monoisotopic (exact) mass is 256 g/mol. The van der Waals surface area contributed by atoms with Crippen LogP contribution in [0.3, 0.4) is 0 Å². The third-order valence-electron chi connectivity index (χ3n) is 3.21. The summed E-state index contributed by atoms with van der Waals surface area (Å²) in [5, 5.41) is 10.4. The summed E-state index contributed by atoms with van der Waals surface area (Å²) in [4.78, 5) is 11.8. The van der Waals surface area contributed by atoms with E-state index in [9.17, 15) is 4.79 Å². The largest absolute Gasteiger partial charge is 0.353 e. The molecule has 5 nitrogen and oxygen atoms in total. The molecule has 19 heavy (non-hydrogen) atoms. The predicted octanol–water partition coefficient (Wildman–Crippen LogP) is 0.692. The van der Waals surface area contributed by atoms with Crippen molar-refractivity contribution < 1.29 is 4.79 Å². The van der Waals surface area contributed by atoms with Gasteiger partial charge in [-0.1, -0.05) is 30.3 Å². The van der Waals surface area contributed by atoms with E-state index in [0.29, 0.717) is 6.54 Å². The Bertz CT molecular complexity index is 564. The summed E-state index contributed by atoms with van der Waals surface area (Å²) in [6, 6.07) is 9.86. The van der Waals surface area contributed by atoms with Gasteiger partial charge < -0.3 is 10.6 Å². The maximum atomic E-state index is 11.8. The number of amides is 1. The SMILES string of the molecule is O=C1NCCNC1c1cnn(Cc2ccccc2)c1. The molecule has 3 rings (SSSR count). The normalized spacial score (nSPS) is 19.2. The zero-order valence-electron chi connectivity index (χ0n) is 10.5. The summed E-state index contributed by atoms with van der Waals surface area (Å²) in [6.45, 7) is 2.20. The van der Waals surface area contributed by atoms with Crippen LogP contribution in [0.1, 0.15) is 17.2 Å². The lowest BCUT2D eigenvalue weighted by Gasteiger charge is -2.22. The Morgan fingerprint density at radius 3 is 2.89 bits per heavy atom. The highest BCUT2D eigenvalue weighted by atomic mass is 16.2. The molecule has 5 heteroatoms. The van der Waals surface area contributed by atoms with Crippen LogP contribution in [-0.4, -0.2) is 28.8 Å². The molecule has 0 spiro atoms. The molecule has 1 aliphatic heterocycles. The molecule has 0 radical (unpaired) electrons. The molecule has 0 bridgehead atoms. The fraction of sp³-hybridized carbons (Fsp3) is 0.286. The van der Waals surface area contributed by atoms with Crippen LogP contribution in [0, 0.1) is 0 Å². The van der Waals surface area contributed by atoms with Crippen molar-refractivity contribution in [1.29, 1.82) is 0 Å². The number of hydrogen-bond acceptors (Lipinski definition) is 3. The quantitative estimate of drug-likeness (QED) is 0.849. The van der Waals surface area contributed by atoms with Crippen LogP contribution in [0.5, 0.6) is 0 Å². The van der Waals surface area contributed by atoms with Gasteiger partial charge in [0, 0.05) is 24.8 Å². The van der Waals surface area contributed by atoms with Gasteiger partial charge in [0.15, 0.2) is 0 Å². The Morgan fingerprint density at radius 2 is 2.11 bits per heavy atom. The minimum absolute atomic E-state index is 0.0190. The molecule has 2 aromatic rings. The zero-order valence-corrected chi connectivity index (χ0v) is 10.5. The molecular formula is C14H16N4O. The fourth-order valence-electron chi connectivity index (χ4n) is 2.25. The van der Waals surface area contributed by atoms with Crippen molar-refractivity contribution in [2.75, 3.05) is 13.1 Å². The molecule has 0 saturated carbocycles. The molecule has 1 atom stereocenters. The third kappa shape index (κ3) is 2.66. The fourth-order valence-corrected chi connectivity index (χ4v) is 2.25. The van der Waals surface area contributed by atoms with E-state index in [0.717, 1.165) is 18.7 Å². The van der Waals surface area contributed by atoms with Crippen molar-refractivity contribution in [1.82, 2.24) is 20.4 Å². The van der Waals surface area contributed by atoms with E-state index < -0.39 is 0 Å². The Hall–Kier alpha value is -2.14. The lowest BCUT2D eigenvalue weighted by atomic mass is 10.1. The number of nitrogens with one attached hydrogen (secondary N) is 2. The first-order valence-electron chi connectivity index (χ1n) is 6.40. The van der Waals surface area contributed by atoms with E-state index in [1.807, 2.05) is 29.1 Å². The van der Waals surface area contributed by atoms with E-state index in [1.54, 1.807) is 6.20 Å². The molecule has 1 aliphatic rings. The third-order valence-corrected chi connectivity index (χ3v) is 3.21. The number of aromatic nitrogens is 2. The van der Waals surface area contributed by atoms with Crippen LogP contribution >= 0.6 is 0 Å². The van der Waals surface area contributed by atoms with Crippen molar-refractivity contribution in [3.8, 4) is 0 Å². The van der Waals surface area contributed by atoms with Gasteiger partial charge in [0.25, 0.3) is 0 Å². The highest BCUT2D eigenvalue weighted by Gasteiger charge is 2.24. The van der Waals surface area contributed by atoms with Crippen LogP contribution in [0.15, 0.2) is 42.7 Å². The van der Waals surface area contributed by atoms with Gasteiger partial charge in [0.2, 0.25) is 5.91 Å². The van der Waals surface area contributed by atoms with E-state index in [-0.39, 0.29) is 11.9 Å².